The van der Waals surface area contributed by atoms with Crippen LogP contribution in [0.1, 0.15) is 42.5 Å². The number of rotatable bonds is 7. The average molecular weight is 419 g/mol. The number of nitrogens with zero attached hydrogens (tertiary/aromatic N) is 1. The van der Waals surface area contributed by atoms with Gasteiger partial charge in [-0.15, -0.1) is 0 Å². The van der Waals surface area contributed by atoms with Crippen LogP contribution in [-0.2, 0) is 10.2 Å². The number of carbonyl (C=O) groups excluding carboxylic acids is 2. The largest absolute Gasteiger partial charge is 0.545 e. The van der Waals surface area contributed by atoms with Crippen LogP contribution in [-0.4, -0.2) is 24.7 Å². The van der Waals surface area contributed by atoms with Gasteiger partial charge in [0.05, 0.1) is 12.2 Å². The minimum Gasteiger partial charge on any atom is -0.545 e. The molecule has 0 atom stereocenters. The number of carbonyl (C=O) groups is 2. The van der Waals surface area contributed by atoms with E-state index < -0.39 is 11.9 Å². The van der Waals surface area contributed by atoms with Gasteiger partial charge in [0, 0.05) is 5.56 Å². The van der Waals surface area contributed by atoms with E-state index in [9.17, 15) is 14.7 Å². The number of furan rings is 1. The Labute approximate surface area is 180 Å². The lowest BCUT2D eigenvalue weighted by Crippen LogP contribution is -2.24. The zero-order valence-electron chi connectivity index (χ0n) is 17.5. The van der Waals surface area contributed by atoms with Gasteiger partial charge < -0.3 is 19.1 Å². The molecular formula is C24H23N2O5-. The molecule has 3 rings (SSSR count). The maximum absolute atomic E-state index is 11.9. The molecular weight excluding hydrogens is 396 g/mol. The number of hydrogen-bond acceptors (Lipinski definition) is 6. The SMILES string of the molecule is CC(C)(C)c1ccc(OCC(=O)N/N=C\c2ccc(-c3cccc(C(=O)[O-])c3)o2)cc1. The Morgan fingerprint density at radius 2 is 1.84 bits per heavy atom. The number of benzene rings is 2. The number of nitrogens with one attached hydrogen (secondary N) is 1. The van der Waals surface area contributed by atoms with Gasteiger partial charge in [-0.1, -0.05) is 51.1 Å². The third-order valence-corrected chi connectivity index (χ3v) is 4.48. The standard InChI is InChI=1S/C24H24N2O5/c1-24(2,3)18-7-9-19(10-8-18)30-15-22(27)26-25-14-20-11-12-21(31-20)16-5-4-6-17(13-16)23(28)29/h4-14H,15H2,1-3H3,(H,26,27)(H,28,29)/p-1/b25-14-. The Hall–Kier alpha value is -3.87. The molecule has 160 valence electrons. The first kappa shape index (κ1) is 21.8. The highest BCUT2D eigenvalue weighted by Crippen LogP contribution is 2.24. The Kier molecular flexibility index (Phi) is 6.55. The minimum atomic E-state index is -1.26. The Bertz CT molecular complexity index is 1090. The molecule has 0 aliphatic rings. The monoisotopic (exact) mass is 419 g/mol. The molecule has 2 aromatic carbocycles. The summed E-state index contributed by atoms with van der Waals surface area (Å²) in [6, 6.07) is 17.2. The molecule has 1 aromatic heterocycles. The maximum Gasteiger partial charge on any atom is 0.277 e. The van der Waals surface area contributed by atoms with Crippen LogP contribution in [0, 0.1) is 0 Å². The molecule has 0 fully saturated rings. The van der Waals surface area contributed by atoms with Gasteiger partial charge in [-0.05, 0) is 46.9 Å². The van der Waals surface area contributed by atoms with E-state index in [2.05, 4.69) is 31.3 Å². The van der Waals surface area contributed by atoms with E-state index in [0.717, 1.165) is 0 Å². The summed E-state index contributed by atoms with van der Waals surface area (Å²) in [5.74, 6) is -0.206. The van der Waals surface area contributed by atoms with Crippen LogP contribution in [0.2, 0.25) is 0 Å². The van der Waals surface area contributed by atoms with E-state index in [-0.39, 0.29) is 17.6 Å². The van der Waals surface area contributed by atoms with Crippen LogP contribution in [0.15, 0.2) is 70.2 Å². The Morgan fingerprint density at radius 1 is 1.10 bits per heavy atom. The fourth-order valence-electron chi connectivity index (χ4n) is 2.78. The van der Waals surface area contributed by atoms with Crippen molar-refractivity contribution in [3.8, 4) is 17.1 Å². The van der Waals surface area contributed by atoms with Crippen molar-refractivity contribution in [1.29, 1.82) is 0 Å². The van der Waals surface area contributed by atoms with E-state index in [0.29, 0.717) is 22.8 Å². The van der Waals surface area contributed by atoms with Gasteiger partial charge in [0.15, 0.2) is 6.61 Å². The van der Waals surface area contributed by atoms with E-state index in [1.165, 1.54) is 23.9 Å². The van der Waals surface area contributed by atoms with E-state index in [1.807, 2.05) is 24.3 Å². The smallest absolute Gasteiger partial charge is 0.277 e. The molecule has 0 unspecified atom stereocenters. The second-order valence-electron chi connectivity index (χ2n) is 7.93. The number of aromatic carboxylic acids is 1. The van der Waals surface area contributed by atoms with Crippen molar-refractivity contribution in [2.24, 2.45) is 5.10 Å². The predicted octanol–water partition coefficient (Wildman–Crippen LogP) is 3.14. The highest BCUT2D eigenvalue weighted by Gasteiger charge is 2.13. The molecule has 0 saturated carbocycles. The number of carboxylic acid groups (broad SMARTS) is 1. The molecule has 1 heterocycles. The molecule has 0 radical (unpaired) electrons. The van der Waals surface area contributed by atoms with Crippen molar-refractivity contribution >= 4 is 18.1 Å². The van der Waals surface area contributed by atoms with Gasteiger partial charge in [-0.25, -0.2) is 5.43 Å². The van der Waals surface area contributed by atoms with Gasteiger partial charge in [0.1, 0.15) is 17.3 Å². The normalized spacial score (nSPS) is 11.5. The van der Waals surface area contributed by atoms with Crippen LogP contribution in [0.25, 0.3) is 11.3 Å². The highest BCUT2D eigenvalue weighted by molar-refractivity contribution is 5.87. The summed E-state index contributed by atoms with van der Waals surface area (Å²) in [5.41, 5.74) is 4.25. The topological polar surface area (TPSA) is 104 Å². The van der Waals surface area contributed by atoms with Crippen LogP contribution in [0.4, 0.5) is 0 Å². The van der Waals surface area contributed by atoms with E-state index in [4.69, 9.17) is 9.15 Å². The van der Waals surface area contributed by atoms with Gasteiger partial charge in [0.2, 0.25) is 0 Å². The van der Waals surface area contributed by atoms with Gasteiger partial charge in [-0.3, -0.25) is 4.79 Å². The number of hydrogen-bond donors (Lipinski definition) is 1. The van der Waals surface area contributed by atoms with Crippen molar-refractivity contribution in [1.82, 2.24) is 5.43 Å². The summed E-state index contributed by atoms with van der Waals surface area (Å²) in [6.45, 7) is 6.20. The fraction of sp³-hybridized carbons (Fsp3) is 0.208. The van der Waals surface area contributed by atoms with Crippen LogP contribution >= 0.6 is 0 Å². The third-order valence-electron chi connectivity index (χ3n) is 4.48. The Balaban J connectivity index is 1.51. The van der Waals surface area contributed by atoms with Crippen molar-refractivity contribution in [3.63, 3.8) is 0 Å². The molecule has 3 aromatic rings. The summed E-state index contributed by atoms with van der Waals surface area (Å²) < 4.78 is 11.1. The van der Waals surface area contributed by atoms with Crippen molar-refractivity contribution in [2.75, 3.05) is 6.61 Å². The number of carboxylic acids is 1. The maximum atomic E-state index is 11.9. The van der Waals surface area contributed by atoms with Crippen LogP contribution < -0.4 is 15.3 Å². The summed E-state index contributed by atoms with van der Waals surface area (Å²) in [5, 5.41) is 14.8. The first-order valence-corrected chi connectivity index (χ1v) is 9.69. The molecule has 7 nitrogen and oxygen atoms in total. The molecule has 1 N–H and O–H groups in total. The fourth-order valence-corrected chi connectivity index (χ4v) is 2.78. The lowest BCUT2D eigenvalue weighted by atomic mass is 9.87. The van der Waals surface area contributed by atoms with E-state index in [1.54, 1.807) is 24.3 Å². The summed E-state index contributed by atoms with van der Waals surface area (Å²) in [4.78, 5) is 22.9. The lowest BCUT2D eigenvalue weighted by Gasteiger charge is -2.19. The Morgan fingerprint density at radius 3 is 2.52 bits per heavy atom. The number of ether oxygens (including phenoxy) is 1. The average Bonchev–Trinajstić information content (AvgIpc) is 3.21. The molecule has 7 heteroatoms. The summed E-state index contributed by atoms with van der Waals surface area (Å²) in [6.07, 6.45) is 1.35. The van der Waals surface area contributed by atoms with Crippen LogP contribution in [0.3, 0.4) is 0 Å². The van der Waals surface area contributed by atoms with Gasteiger partial charge in [0.25, 0.3) is 5.91 Å². The molecule has 0 saturated heterocycles. The van der Waals surface area contributed by atoms with E-state index >= 15 is 0 Å². The number of hydrazone groups is 1. The molecule has 0 bridgehead atoms. The van der Waals surface area contributed by atoms with Crippen molar-refractivity contribution < 1.29 is 23.8 Å². The van der Waals surface area contributed by atoms with Gasteiger partial charge in [-0.2, -0.15) is 5.10 Å². The van der Waals surface area contributed by atoms with Crippen LogP contribution in [0.5, 0.6) is 5.75 Å². The second kappa shape index (κ2) is 9.30. The first-order valence-electron chi connectivity index (χ1n) is 9.69. The zero-order valence-corrected chi connectivity index (χ0v) is 17.5. The summed E-state index contributed by atoms with van der Waals surface area (Å²) >= 11 is 0. The third kappa shape index (κ3) is 6.05. The molecule has 0 aliphatic heterocycles. The second-order valence-corrected chi connectivity index (χ2v) is 7.93. The number of amides is 1. The molecule has 0 spiro atoms. The first-order chi connectivity index (χ1) is 14.7. The molecule has 1 amide bonds. The summed E-state index contributed by atoms with van der Waals surface area (Å²) in [7, 11) is 0. The van der Waals surface area contributed by atoms with Crippen molar-refractivity contribution in [3.05, 3.63) is 77.6 Å². The highest BCUT2D eigenvalue weighted by atomic mass is 16.5. The minimum absolute atomic E-state index is 0.0482. The van der Waals surface area contributed by atoms with Crippen molar-refractivity contribution in [2.45, 2.75) is 26.2 Å². The van der Waals surface area contributed by atoms with Gasteiger partial charge >= 0.3 is 0 Å². The predicted molar refractivity (Wildman–Crippen MR) is 115 cm³/mol. The molecule has 0 aliphatic carbocycles. The quantitative estimate of drug-likeness (QED) is 0.468. The lowest BCUT2D eigenvalue weighted by molar-refractivity contribution is -0.255. The zero-order chi connectivity index (χ0) is 22.4. The molecule has 31 heavy (non-hydrogen) atoms.